The first kappa shape index (κ1) is 17.6. The fourth-order valence-corrected chi connectivity index (χ4v) is 3.54. The number of rotatable bonds is 8. The van der Waals surface area contributed by atoms with E-state index in [-0.39, 0.29) is 11.7 Å². The number of fused-ring (bicyclic) bond motifs is 1. The van der Waals surface area contributed by atoms with Gasteiger partial charge in [-0.15, -0.1) is 11.3 Å². The van der Waals surface area contributed by atoms with Gasteiger partial charge in [-0.1, -0.05) is 12.1 Å². The van der Waals surface area contributed by atoms with Crippen LogP contribution < -0.4 is 5.32 Å². The highest BCUT2D eigenvalue weighted by molar-refractivity contribution is 7.17. The van der Waals surface area contributed by atoms with Crippen molar-refractivity contribution in [1.29, 1.82) is 0 Å². The summed E-state index contributed by atoms with van der Waals surface area (Å²) in [5.41, 5.74) is 2.60. The second kappa shape index (κ2) is 8.27. The maximum absolute atomic E-state index is 13.1. The summed E-state index contributed by atoms with van der Waals surface area (Å²) in [5, 5.41) is 4.96. The van der Waals surface area contributed by atoms with Crippen LogP contribution in [0.3, 0.4) is 0 Å². The van der Waals surface area contributed by atoms with Crippen molar-refractivity contribution in [2.24, 2.45) is 0 Å². The fourth-order valence-electron chi connectivity index (χ4n) is 2.72. The predicted molar refractivity (Wildman–Crippen MR) is 98.8 cm³/mol. The van der Waals surface area contributed by atoms with Crippen molar-refractivity contribution in [2.75, 3.05) is 19.8 Å². The van der Waals surface area contributed by atoms with E-state index in [1.807, 2.05) is 29.0 Å². The molecule has 0 radical (unpaired) electrons. The fraction of sp³-hybridized carbons (Fsp3) is 0.316. The van der Waals surface area contributed by atoms with Gasteiger partial charge >= 0.3 is 0 Å². The number of benzene rings is 1. The average Bonchev–Trinajstić information content (AvgIpc) is 3.19. The monoisotopic (exact) mass is 360 g/mol. The van der Waals surface area contributed by atoms with E-state index in [2.05, 4.69) is 5.32 Å². The summed E-state index contributed by atoms with van der Waals surface area (Å²) in [6.07, 6.45) is 0.784. The molecule has 0 bridgehead atoms. The molecule has 3 rings (SSSR count). The minimum absolute atomic E-state index is 0.0954. The SMILES string of the molecule is CCOCCCNC(=O)c1cc2sccc2n1Cc1ccc(F)cc1. The van der Waals surface area contributed by atoms with E-state index in [1.54, 1.807) is 23.5 Å². The topological polar surface area (TPSA) is 43.3 Å². The number of hydrogen-bond donors (Lipinski definition) is 1. The highest BCUT2D eigenvalue weighted by atomic mass is 32.1. The summed E-state index contributed by atoms with van der Waals surface area (Å²) in [4.78, 5) is 12.6. The largest absolute Gasteiger partial charge is 0.382 e. The lowest BCUT2D eigenvalue weighted by atomic mass is 10.2. The Kier molecular flexibility index (Phi) is 5.83. The van der Waals surface area contributed by atoms with E-state index in [9.17, 15) is 9.18 Å². The van der Waals surface area contributed by atoms with Gasteiger partial charge in [0.25, 0.3) is 5.91 Å². The molecule has 132 valence electrons. The van der Waals surface area contributed by atoms with Crippen molar-refractivity contribution in [2.45, 2.75) is 19.9 Å². The maximum atomic E-state index is 13.1. The van der Waals surface area contributed by atoms with Gasteiger partial charge in [0.2, 0.25) is 0 Å². The molecule has 0 fully saturated rings. The lowest BCUT2D eigenvalue weighted by molar-refractivity contribution is 0.0936. The van der Waals surface area contributed by atoms with Gasteiger partial charge in [0, 0.05) is 26.3 Å². The summed E-state index contributed by atoms with van der Waals surface area (Å²) in [5.74, 6) is -0.355. The molecule has 0 aliphatic heterocycles. The lowest BCUT2D eigenvalue weighted by Crippen LogP contribution is -2.27. The van der Waals surface area contributed by atoms with Gasteiger partial charge in [-0.3, -0.25) is 4.79 Å². The quantitative estimate of drug-likeness (QED) is 0.616. The van der Waals surface area contributed by atoms with Crippen LogP contribution in [0.4, 0.5) is 4.39 Å². The zero-order valence-electron chi connectivity index (χ0n) is 14.1. The van der Waals surface area contributed by atoms with Crippen molar-refractivity contribution in [3.05, 3.63) is 58.9 Å². The Morgan fingerprint density at radius 3 is 2.84 bits per heavy atom. The predicted octanol–water partition coefficient (Wildman–Crippen LogP) is 4.05. The summed E-state index contributed by atoms with van der Waals surface area (Å²) in [7, 11) is 0. The number of nitrogens with one attached hydrogen (secondary N) is 1. The van der Waals surface area contributed by atoms with Crippen molar-refractivity contribution >= 4 is 27.5 Å². The van der Waals surface area contributed by atoms with E-state index in [0.717, 1.165) is 22.2 Å². The standard InChI is InChI=1S/C19H21FN2O2S/c1-2-24-10-3-9-21-19(23)17-12-18-16(8-11-25-18)22(17)13-14-4-6-15(20)7-5-14/h4-8,11-12H,2-3,9-10,13H2,1H3,(H,21,23). The van der Waals surface area contributed by atoms with Crippen LogP contribution in [0.5, 0.6) is 0 Å². The highest BCUT2D eigenvalue weighted by Gasteiger charge is 2.16. The van der Waals surface area contributed by atoms with Crippen molar-refractivity contribution < 1.29 is 13.9 Å². The van der Waals surface area contributed by atoms with Crippen LogP contribution in [0.2, 0.25) is 0 Å². The highest BCUT2D eigenvalue weighted by Crippen LogP contribution is 2.26. The molecule has 2 aromatic heterocycles. The maximum Gasteiger partial charge on any atom is 0.267 e. The third-order valence-electron chi connectivity index (χ3n) is 3.96. The zero-order valence-corrected chi connectivity index (χ0v) is 14.9. The molecule has 0 aliphatic carbocycles. The van der Waals surface area contributed by atoms with Gasteiger partial charge < -0.3 is 14.6 Å². The molecular formula is C19H21FN2O2S. The minimum atomic E-state index is -0.260. The van der Waals surface area contributed by atoms with E-state index >= 15 is 0 Å². The number of amides is 1. The molecule has 4 nitrogen and oxygen atoms in total. The minimum Gasteiger partial charge on any atom is -0.382 e. The molecule has 0 atom stereocenters. The third-order valence-corrected chi connectivity index (χ3v) is 4.82. The van der Waals surface area contributed by atoms with E-state index in [0.29, 0.717) is 32.0 Å². The Morgan fingerprint density at radius 2 is 2.08 bits per heavy atom. The van der Waals surface area contributed by atoms with Gasteiger partial charge in [0.15, 0.2) is 0 Å². The van der Waals surface area contributed by atoms with Crippen LogP contribution in [0.25, 0.3) is 10.2 Å². The van der Waals surface area contributed by atoms with Gasteiger partial charge in [-0.2, -0.15) is 0 Å². The Hall–Kier alpha value is -2.18. The number of carbonyl (C=O) groups is 1. The summed E-state index contributed by atoms with van der Waals surface area (Å²) >= 11 is 1.61. The smallest absolute Gasteiger partial charge is 0.267 e. The number of aromatic nitrogens is 1. The van der Waals surface area contributed by atoms with Gasteiger partial charge in [0.05, 0.1) is 10.2 Å². The molecule has 25 heavy (non-hydrogen) atoms. The number of halogens is 1. The molecule has 0 spiro atoms. The van der Waals surface area contributed by atoms with Crippen LogP contribution in [0.15, 0.2) is 41.8 Å². The second-order valence-corrected chi connectivity index (χ2v) is 6.67. The van der Waals surface area contributed by atoms with Crippen molar-refractivity contribution in [1.82, 2.24) is 9.88 Å². The summed E-state index contributed by atoms with van der Waals surface area (Å²) < 4.78 is 21.5. The Bertz CT molecular complexity index is 839. The molecule has 2 heterocycles. The Balaban J connectivity index is 1.76. The average molecular weight is 360 g/mol. The zero-order chi connectivity index (χ0) is 17.6. The first-order chi connectivity index (χ1) is 12.2. The number of hydrogen-bond acceptors (Lipinski definition) is 3. The summed E-state index contributed by atoms with van der Waals surface area (Å²) in [6.45, 7) is 4.39. The van der Waals surface area contributed by atoms with E-state index in [1.165, 1.54) is 12.1 Å². The number of ether oxygens (including phenoxy) is 1. The third kappa shape index (κ3) is 4.27. The number of carbonyl (C=O) groups excluding carboxylic acids is 1. The first-order valence-electron chi connectivity index (χ1n) is 8.36. The molecule has 0 aliphatic rings. The second-order valence-electron chi connectivity index (χ2n) is 5.72. The number of nitrogens with zero attached hydrogens (tertiary/aromatic N) is 1. The Morgan fingerprint density at radius 1 is 1.28 bits per heavy atom. The van der Waals surface area contributed by atoms with Gasteiger partial charge in [-0.25, -0.2) is 4.39 Å². The van der Waals surface area contributed by atoms with Crippen molar-refractivity contribution in [3.8, 4) is 0 Å². The molecule has 1 N–H and O–H groups in total. The molecule has 0 unspecified atom stereocenters. The first-order valence-corrected chi connectivity index (χ1v) is 9.24. The molecule has 3 aromatic rings. The molecule has 0 saturated carbocycles. The van der Waals surface area contributed by atoms with Crippen LogP contribution in [0.1, 0.15) is 29.4 Å². The Labute approximate surface area is 150 Å². The summed E-state index contributed by atoms with van der Waals surface area (Å²) in [6, 6.07) is 10.3. The molecule has 6 heteroatoms. The number of thiophene rings is 1. The van der Waals surface area contributed by atoms with E-state index in [4.69, 9.17) is 4.74 Å². The van der Waals surface area contributed by atoms with Gasteiger partial charge in [-0.05, 0) is 48.6 Å². The van der Waals surface area contributed by atoms with Crippen LogP contribution in [0, 0.1) is 5.82 Å². The van der Waals surface area contributed by atoms with Gasteiger partial charge in [0.1, 0.15) is 11.5 Å². The molecule has 0 saturated heterocycles. The lowest BCUT2D eigenvalue weighted by Gasteiger charge is -2.11. The normalized spacial score (nSPS) is 11.1. The molecule has 1 aromatic carbocycles. The van der Waals surface area contributed by atoms with Crippen LogP contribution in [-0.2, 0) is 11.3 Å². The van der Waals surface area contributed by atoms with Crippen LogP contribution in [-0.4, -0.2) is 30.2 Å². The molecular weight excluding hydrogens is 339 g/mol. The van der Waals surface area contributed by atoms with Crippen LogP contribution >= 0.6 is 11.3 Å². The molecule has 1 amide bonds. The van der Waals surface area contributed by atoms with Crippen molar-refractivity contribution in [3.63, 3.8) is 0 Å². The van der Waals surface area contributed by atoms with E-state index < -0.39 is 0 Å².